The molecule has 5 heteroatoms. The van der Waals surface area contributed by atoms with Crippen molar-refractivity contribution in [1.82, 2.24) is 10.3 Å². The molecular formula is C20H17N3O2. The van der Waals surface area contributed by atoms with Gasteiger partial charge in [-0.2, -0.15) is 0 Å². The van der Waals surface area contributed by atoms with Gasteiger partial charge in [0.15, 0.2) is 0 Å². The van der Waals surface area contributed by atoms with Crippen LogP contribution < -0.4 is 10.6 Å². The number of carbonyl (C=O) groups is 2. The van der Waals surface area contributed by atoms with Gasteiger partial charge in [-0.05, 0) is 42.0 Å². The molecule has 2 amide bonds. The highest BCUT2D eigenvalue weighted by atomic mass is 16.2. The average Bonchev–Trinajstić information content (AvgIpc) is 2.68. The van der Waals surface area contributed by atoms with Gasteiger partial charge >= 0.3 is 0 Å². The molecule has 1 aromatic heterocycles. The summed E-state index contributed by atoms with van der Waals surface area (Å²) < 4.78 is 0. The Bertz CT molecular complexity index is 864. The third-order valence-corrected chi connectivity index (χ3v) is 3.66. The van der Waals surface area contributed by atoms with Crippen LogP contribution in [0.25, 0.3) is 0 Å². The fourth-order valence-corrected chi connectivity index (χ4v) is 2.35. The molecule has 0 saturated carbocycles. The first-order chi connectivity index (χ1) is 12.2. The summed E-state index contributed by atoms with van der Waals surface area (Å²) in [5.74, 6) is -0.504. The zero-order chi connectivity index (χ0) is 17.5. The molecule has 0 aliphatic heterocycles. The zero-order valence-electron chi connectivity index (χ0n) is 13.5. The highest BCUT2D eigenvalue weighted by Gasteiger charge is 2.13. The van der Waals surface area contributed by atoms with Crippen molar-refractivity contribution in [1.29, 1.82) is 0 Å². The normalized spacial score (nSPS) is 10.1. The molecule has 0 saturated heterocycles. The molecule has 0 unspecified atom stereocenters. The van der Waals surface area contributed by atoms with Crippen molar-refractivity contribution in [3.8, 4) is 0 Å². The van der Waals surface area contributed by atoms with E-state index < -0.39 is 0 Å². The number of hydrogen-bond acceptors (Lipinski definition) is 3. The van der Waals surface area contributed by atoms with Crippen LogP contribution in [0.4, 0.5) is 5.69 Å². The summed E-state index contributed by atoms with van der Waals surface area (Å²) in [6.45, 7) is 0.391. The maximum absolute atomic E-state index is 12.5. The maximum Gasteiger partial charge on any atom is 0.255 e. The van der Waals surface area contributed by atoms with Crippen molar-refractivity contribution < 1.29 is 9.59 Å². The van der Waals surface area contributed by atoms with Gasteiger partial charge < -0.3 is 10.6 Å². The molecule has 25 heavy (non-hydrogen) atoms. The number of amides is 2. The Kier molecular flexibility index (Phi) is 5.16. The molecule has 0 aliphatic rings. The molecule has 0 bridgehead atoms. The molecule has 2 aromatic carbocycles. The van der Waals surface area contributed by atoms with Gasteiger partial charge in [-0.1, -0.05) is 30.3 Å². The minimum absolute atomic E-state index is 0.249. The van der Waals surface area contributed by atoms with Crippen LogP contribution >= 0.6 is 0 Å². The van der Waals surface area contributed by atoms with Crippen molar-refractivity contribution in [2.45, 2.75) is 6.54 Å². The number of benzene rings is 2. The van der Waals surface area contributed by atoms with E-state index in [0.29, 0.717) is 23.4 Å². The van der Waals surface area contributed by atoms with E-state index in [4.69, 9.17) is 0 Å². The van der Waals surface area contributed by atoms with Crippen LogP contribution in [0, 0.1) is 0 Å². The third-order valence-electron chi connectivity index (χ3n) is 3.66. The van der Waals surface area contributed by atoms with Crippen LogP contribution in [0.3, 0.4) is 0 Å². The summed E-state index contributed by atoms with van der Waals surface area (Å²) >= 11 is 0. The molecule has 3 aromatic rings. The first-order valence-electron chi connectivity index (χ1n) is 7.86. The summed E-state index contributed by atoms with van der Waals surface area (Å²) in [6.07, 6.45) is 3.35. The number of hydrogen-bond donors (Lipinski definition) is 2. The van der Waals surface area contributed by atoms with E-state index in [9.17, 15) is 9.59 Å². The van der Waals surface area contributed by atoms with Crippen molar-refractivity contribution in [3.05, 3.63) is 95.8 Å². The Balaban J connectivity index is 1.72. The van der Waals surface area contributed by atoms with E-state index in [-0.39, 0.29) is 11.8 Å². The Labute approximate surface area is 145 Å². The Morgan fingerprint density at radius 2 is 1.48 bits per heavy atom. The van der Waals surface area contributed by atoms with Crippen molar-refractivity contribution >= 4 is 17.5 Å². The van der Waals surface area contributed by atoms with Gasteiger partial charge in [0.2, 0.25) is 0 Å². The van der Waals surface area contributed by atoms with Crippen LogP contribution in [0.15, 0.2) is 79.1 Å². The molecule has 0 aliphatic carbocycles. The largest absolute Gasteiger partial charge is 0.348 e. The SMILES string of the molecule is O=C(Nc1ccccc1C(=O)NCc1ccncc1)c1ccccc1. The van der Waals surface area contributed by atoms with E-state index in [2.05, 4.69) is 15.6 Å². The average molecular weight is 331 g/mol. The van der Waals surface area contributed by atoms with Crippen molar-refractivity contribution in [2.24, 2.45) is 0 Å². The lowest BCUT2D eigenvalue weighted by Crippen LogP contribution is -2.24. The second kappa shape index (κ2) is 7.88. The molecule has 3 rings (SSSR count). The highest BCUT2D eigenvalue weighted by Crippen LogP contribution is 2.16. The number of pyridine rings is 1. The fourth-order valence-electron chi connectivity index (χ4n) is 2.35. The predicted molar refractivity (Wildman–Crippen MR) is 96.2 cm³/mol. The number of rotatable bonds is 5. The lowest BCUT2D eigenvalue weighted by atomic mass is 10.1. The van der Waals surface area contributed by atoms with E-state index in [1.807, 2.05) is 18.2 Å². The van der Waals surface area contributed by atoms with E-state index in [1.165, 1.54) is 0 Å². The second-order valence-corrected chi connectivity index (χ2v) is 5.40. The highest BCUT2D eigenvalue weighted by molar-refractivity contribution is 6.08. The molecule has 0 radical (unpaired) electrons. The Hall–Kier alpha value is -3.47. The molecule has 0 atom stereocenters. The monoisotopic (exact) mass is 331 g/mol. The maximum atomic E-state index is 12.5. The summed E-state index contributed by atoms with van der Waals surface area (Å²) in [6, 6.07) is 19.5. The van der Waals surface area contributed by atoms with Crippen LogP contribution in [0.1, 0.15) is 26.3 Å². The zero-order valence-corrected chi connectivity index (χ0v) is 13.5. The number of aromatic nitrogens is 1. The minimum atomic E-state index is -0.255. The van der Waals surface area contributed by atoms with Crippen molar-refractivity contribution in [2.75, 3.05) is 5.32 Å². The Morgan fingerprint density at radius 1 is 0.800 bits per heavy atom. The lowest BCUT2D eigenvalue weighted by molar-refractivity contribution is 0.0952. The first-order valence-corrected chi connectivity index (χ1v) is 7.86. The molecule has 124 valence electrons. The molecule has 0 fully saturated rings. The quantitative estimate of drug-likeness (QED) is 0.754. The van der Waals surface area contributed by atoms with Gasteiger partial charge in [-0.15, -0.1) is 0 Å². The molecule has 5 nitrogen and oxygen atoms in total. The fraction of sp³-hybridized carbons (Fsp3) is 0.0500. The van der Waals surface area contributed by atoms with Gasteiger partial charge in [-0.3, -0.25) is 14.6 Å². The summed E-state index contributed by atoms with van der Waals surface area (Å²) in [4.78, 5) is 28.7. The molecule has 0 spiro atoms. The number of nitrogens with zero attached hydrogens (tertiary/aromatic N) is 1. The molecule has 2 N–H and O–H groups in total. The number of carbonyl (C=O) groups excluding carboxylic acids is 2. The topological polar surface area (TPSA) is 71.1 Å². The first kappa shape index (κ1) is 16.4. The third kappa shape index (κ3) is 4.29. The smallest absolute Gasteiger partial charge is 0.255 e. The van der Waals surface area contributed by atoms with E-state index in [1.54, 1.807) is 60.9 Å². The number of anilines is 1. The van der Waals surface area contributed by atoms with Gasteiger partial charge in [0, 0.05) is 24.5 Å². The van der Waals surface area contributed by atoms with Crippen LogP contribution in [-0.4, -0.2) is 16.8 Å². The number of nitrogens with one attached hydrogen (secondary N) is 2. The molecular weight excluding hydrogens is 314 g/mol. The summed E-state index contributed by atoms with van der Waals surface area (Å²) in [5, 5.41) is 5.65. The van der Waals surface area contributed by atoms with Gasteiger partial charge in [0.1, 0.15) is 0 Å². The van der Waals surface area contributed by atoms with Gasteiger partial charge in [0.25, 0.3) is 11.8 Å². The standard InChI is InChI=1S/C20H17N3O2/c24-19(16-6-2-1-3-7-16)23-18-9-5-4-8-17(18)20(25)22-14-15-10-12-21-13-11-15/h1-13H,14H2,(H,22,25)(H,23,24). The minimum Gasteiger partial charge on any atom is -0.348 e. The Morgan fingerprint density at radius 3 is 2.24 bits per heavy atom. The van der Waals surface area contributed by atoms with E-state index in [0.717, 1.165) is 5.56 Å². The van der Waals surface area contributed by atoms with Crippen LogP contribution in [0.2, 0.25) is 0 Å². The number of para-hydroxylation sites is 1. The van der Waals surface area contributed by atoms with Gasteiger partial charge in [-0.25, -0.2) is 0 Å². The summed E-state index contributed by atoms with van der Waals surface area (Å²) in [5.41, 5.74) is 2.38. The van der Waals surface area contributed by atoms with Crippen LogP contribution in [0.5, 0.6) is 0 Å². The summed E-state index contributed by atoms with van der Waals surface area (Å²) in [7, 11) is 0. The second-order valence-electron chi connectivity index (χ2n) is 5.40. The van der Waals surface area contributed by atoms with Crippen LogP contribution in [-0.2, 0) is 6.54 Å². The predicted octanol–water partition coefficient (Wildman–Crippen LogP) is 3.26. The van der Waals surface area contributed by atoms with E-state index >= 15 is 0 Å². The lowest BCUT2D eigenvalue weighted by Gasteiger charge is -2.11. The van der Waals surface area contributed by atoms with Crippen molar-refractivity contribution in [3.63, 3.8) is 0 Å². The van der Waals surface area contributed by atoms with Gasteiger partial charge in [0.05, 0.1) is 11.3 Å². The molecule has 1 heterocycles.